The van der Waals surface area contributed by atoms with Gasteiger partial charge in [-0.25, -0.2) is 0 Å². The van der Waals surface area contributed by atoms with Crippen LogP contribution in [0.2, 0.25) is 0 Å². The van der Waals surface area contributed by atoms with Crippen LogP contribution < -0.4 is 0 Å². The first-order chi connectivity index (χ1) is 6.72. The van der Waals surface area contributed by atoms with E-state index in [4.69, 9.17) is 9.84 Å². The van der Waals surface area contributed by atoms with Gasteiger partial charge in [0.2, 0.25) is 0 Å². The first kappa shape index (κ1) is 11.5. The van der Waals surface area contributed by atoms with Gasteiger partial charge in [0.15, 0.2) is 0 Å². The maximum atomic E-state index is 10.5. The molecule has 14 heavy (non-hydrogen) atoms. The summed E-state index contributed by atoms with van der Waals surface area (Å²) in [7, 11) is 1.71. The maximum absolute atomic E-state index is 10.5. The highest BCUT2D eigenvalue weighted by Gasteiger charge is 2.20. The lowest BCUT2D eigenvalue weighted by Gasteiger charge is -2.30. The molecule has 0 aromatic rings. The number of aliphatic carboxylic acids is 1. The van der Waals surface area contributed by atoms with E-state index in [0.29, 0.717) is 12.3 Å². The lowest BCUT2D eigenvalue weighted by atomic mass is 9.94. The minimum Gasteiger partial charge on any atom is -0.481 e. The van der Waals surface area contributed by atoms with Gasteiger partial charge in [-0.3, -0.25) is 4.79 Å². The normalized spacial score (nSPS) is 19.8. The first-order valence-electron chi connectivity index (χ1n) is 5.15. The summed E-state index contributed by atoms with van der Waals surface area (Å²) in [5.41, 5.74) is 0. The second-order valence-corrected chi connectivity index (χ2v) is 3.88. The number of likely N-dealkylation sites (tertiary alicyclic amines) is 1. The van der Waals surface area contributed by atoms with Gasteiger partial charge in [-0.2, -0.15) is 0 Å². The number of ether oxygens (including phenoxy) is 1. The monoisotopic (exact) mass is 201 g/mol. The van der Waals surface area contributed by atoms with E-state index in [9.17, 15) is 4.79 Å². The van der Waals surface area contributed by atoms with Crippen molar-refractivity contribution < 1.29 is 14.6 Å². The van der Waals surface area contributed by atoms with Gasteiger partial charge in [0, 0.05) is 20.1 Å². The van der Waals surface area contributed by atoms with Gasteiger partial charge in [0.25, 0.3) is 0 Å². The second-order valence-electron chi connectivity index (χ2n) is 3.88. The third kappa shape index (κ3) is 4.07. The molecule has 4 heteroatoms. The van der Waals surface area contributed by atoms with Crippen molar-refractivity contribution in [3.8, 4) is 0 Å². The SMILES string of the molecule is COCCN1CCC(CC(=O)O)CC1. The number of nitrogens with zero attached hydrogens (tertiary/aromatic N) is 1. The number of hydrogen-bond acceptors (Lipinski definition) is 3. The Bertz CT molecular complexity index is 176. The molecule has 0 saturated carbocycles. The highest BCUT2D eigenvalue weighted by molar-refractivity contribution is 5.67. The minimum absolute atomic E-state index is 0.331. The van der Waals surface area contributed by atoms with Crippen molar-refractivity contribution in [3.05, 3.63) is 0 Å². The van der Waals surface area contributed by atoms with Crippen LogP contribution in [-0.2, 0) is 9.53 Å². The van der Waals surface area contributed by atoms with E-state index in [2.05, 4.69) is 4.90 Å². The van der Waals surface area contributed by atoms with Crippen LogP contribution in [0.3, 0.4) is 0 Å². The minimum atomic E-state index is -0.666. The molecule has 82 valence electrons. The van der Waals surface area contributed by atoms with Crippen LogP contribution in [0.25, 0.3) is 0 Å². The predicted octanol–water partition coefficient (Wildman–Crippen LogP) is 0.820. The van der Waals surface area contributed by atoms with E-state index < -0.39 is 5.97 Å². The number of methoxy groups -OCH3 is 1. The van der Waals surface area contributed by atoms with Crippen molar-refractivity contribution in [2.24, 2.45) is 5.92 Å². The number of carboxylic acids is 1. The van der Waals surface area contributed by atoms with Crippen LogP contribution in [0.5, 0.6) is 0 Å². The molecule has 1 heterocycles. The Hall–Kier alpha value is -0.610. The van der Waals surface area contributed by atoms with Crippen LogP contribution in [-0.4, -0.2) is 49.3 Å². The molecule has 1 N–H and O–H groups in total. The van der Waals surface area contributed by atoms with E-state index in [1.165, 1.54) is 0 Å². The first-order valence-corrected chi connectivity index (χ1v) is 5.15. The standard InChI is InChI=1S/C10H19NO3/c1-14-7-6-11-4-2-9(3-5-11)8-10(12)13/h9H,2-8H2,1H3,(H,12,13). The fourth-order valence-electron chi connectivity index (χ4n) is 1.88. The van der Waals surface area contributed by atoms with E-state index in [-0.39, 0.29) is 0 Å². The molecule has 0 aromatic carbocycles. The molecule has 0 unspecified atom stereocenters. The molecular formula is C10H19NO3. The van der Waals surface area contributed by atoms with Gasteiger partial charge < -0.3 is 14.7 Å². The fraction of sp³-hybridized carbons (Fsp3) is 0.900. The molecule has 1 aliphatic heterocycles. The average Bonchev–Trinajstić information content (AvgIpc) is 2.16. The predicted molar refractivity (Wildman–Crippen MR) is 53.3 cm³/mol. The van der Waals surface area contributed by atoms with E-state index in [1.807, 2.05) is 0 Å². The van der Waals surface area contributed by atoms with Crippen LogP contribution in [0.4, 0.5) is 0 Å². The number of piperidine rings is 1. The summed E-state index contributed by atoms with van der Waals surface area (Å²) in [6.45, 7) is 3.77. The highest BCUT2D eigenvalue weighted by Crippen LogP contribution is 2.19. The summed E-state index contributed by atoms with van der Waals surface area (Å²) in [6, 6.07) is 0. The summed E-state index contributed by atoms with van der Waals surface area (Å²) in [5, 5.41) is 8.64. The Morgan fingerprint density at radius 3 is 2.64 bits per heavy atom. The number of carboxylic acid groups (broad SMARTS) is 1. The zero-order valence-electron chi connectivity index (χ0n) is 8.74. The van der Waals surface area contributed by atoms with Crippen molar-refractivity contribution in [1.29, 1.82) is 0 Å². The van der Waals surface area contributed by atoms with Crippen molar-refractivity contribution in [2.45, 2.75) is 19.3 Å². The highest BCUT2D eigenvalue weighted by atomic mass is 16.5. The Morgan fingerprint density at radius 2 is 2.14 bits per heavy atom. The lowest BCUT2D eigenvalue weighted by molar-refractivity contribution is -0.138. The molecule has 0 aliphatic carbocycles. The Balaban J connectivity index is 2.14. The zero-order chi connectivity index (χ0) is 10.4. The molecule has 1 aliphatic rings. The smallest absolute Gasteiger partial charge is 0.303 e. The van der Waals surface area contributed by atoms with Crippen LogP contribution in [0.1, 0.15) is 19.3 Å². The van der Waals surface area contributed by atoms with Crippen molar-refractivity contribution in [1.82, 2.24) is 4.90 Å². The number of hydrogen-bond donors (Lipinski definition) is 1. The third-order valence-electron chi connectivity index (χ3n) is 2.78. The van der Waals surface area contributed by atoms with Gasteiger partial charge in [0.05, 0.1) is 6.61 Å². The molecule has 0 radical (unpaired) electrons. The molecule has 1 rings (SSSR count). The summed E-state index contributed by atoms with van der Waals surface area (Å²) in [6.07, 6.45) is 2.35. The number of carbonyl (C=O) groups is 1. The molecule has 0 bridgehead atoms. The molecule has 0 spiro atoms. The molecule has 1 saturated heterocycles. The summed E-state index contributed by atoms with van der Waals surface area (Å²) in [5.74, 6) is -0.286. The third-order valence-corrected chi connectivity index (χ3v) is 2.78. The van der Waals surface area contributed by atoms with Crippen molar-refractivity contribution >= 4 is 5.97 Å². The summed E-state index contributed by atoms with van der Waals surface area (Å²) >= 11 is 0. The largest absolute Gasteiger partial charge is 0.481 e. The molecule has 1 fully saturated rings. The molecule has 0 amide bonds. The maximum Gasteiger partial charge on any atom is 0.303 e. The topological polar surface area (TPSA) is 49.8 Å². The van der Waals surface area contributed by atoms with Gasteiger partial charge in [-0.05, 0) is 31.8 Å². The summed E-state index contributed by atoms with van der Waals surface area (Å²) in [4.78, 5) is 12.8. The summed E-state index contributed by atoms with van der Waals surface area (Å²) < 4.78 is 5.00. The Kier molecular flexibility index (Phi) is 4.90. The fourth-order valence-corrected chi connectivity index (χ4v) is 1.88. The van der Waals surface area contributed by atoms with Crippen LogP contribution in [0.15, 0.2) is 0 Å². The van der Waals surface area contributed by atoms with Crippen LogP contribution in [0, 0.1) is 5.92 Å². The Labute approximate surface area is 84.8 Å². The lowest BCUT2D eigenvalue weighted by Crippen LogP contribution is -2.36. The quantitative estimate of drug-likeness (QED) is 0.715. The van der Waals surface area contributed by atoms with Crippen LogP contribution >= 0.6 is 0 Å². The number of rotatable bonds is 5. The zero-order valence-corrected chi connectivity index (χ0v) is 8.74. The molecule has 0 atom stereocenters. The van der Waals surface area contributed by atoms with Gasteiger partial charge >= 0.3 is 5.97 Å². The van der Waals surface area contributed by atoms with Crippen molar-refractivity contribution in [3.63, 3.8) is 0 Å². The second kappa shape index (κ2) is 5.98. The molecular weight excluding hydrogens is 182 g/mol. The van der Waals surface area contributed by atoms with E-state index in [0.717, 1.165) is 39.1 Å². The Morgan fingerprint density at radius 1 is 1.50 bits per heavy atom. The van der Waals surface area contributed by atoms with Gasteiger partial charge in [-0.15, -0.1) is 0 Å². The van der Waals surface area contributed by atoms with Gasteiger partial charge in [0.1, 0.15) is 0 Å². The average molecular weight is 201 g/mol. The van der Waals surface area contributed by atoms with E-state index >= 15 is 0 Å². The van der Waals surface area contributed by atoms with Gasteiger partial charge in [-0.1, -0.05) is 0 Å². The van der Waals surface area contributed by atoms with E-state index in [1.54, 1.807) is 7.11 Å². The van der Waals surface area contributed by atoms with Crippen molar-refractivity contribution in [2.75, 3.05) is 33.4 Å². The molecule has 0 aromatic heterocycles. The molecule has 4 nitrogen and oxygen atoms in total.